The number of methoxy groups -OCH3 is 2. The molecule has 1 aromatic rings. The number of nitrogens with zero attached hydrogens (tertiary/aromatic N) is 1. The third-order valence-electron chi connectivity index (χ3n) is 15.2. The Balaban J connectivity index is 0.000000251. The molecule has 6 aliphatic rings. The number of rotatable bonds is 13. The van der Waals surface area contributed by atoms with Crippen LogP contribution in [0.3, 0.4) is 0 Å². The summed E-state index contributed by atoms with van der Waals surface area (Å²) < 4.78 is 39.5. The molecule has 0 unspecified atom stereocenters. The van der Waals surface area contributed by atoms with Crippen molar-refractivity contribution in [3.8, 4) is 0 Å². The number of ether oxygens (including phenoxy) is 3. The molecular weight excluding hydrogens is 804 g/mol. The van der Waals surface area contributed by atoms with Crippen molar-refractivity contribution in [2.75, 3.05) is 47.6 Å². The van der Waals surface area contributed by atoms with E-state index in [9.17, 15) is 19.2 Å². The van der Waals surface area contributed by atoms with Crippen LogP contribution in [-0.2, 0) is 42.4 Å². The van der Waals surface area contributed by atoms with Gasteiger partial charge in [-0.3, -0.25) is 24.1 Å². The van der Waals surface area contributed by atoms with Crippen LogP contribution < -0.4 is 11.5 Å². The van der Waals surface area contributed by atoms with Crippen LogP contribution in [0.5, 0.6) is 0 Å². The molecule has 0 radical (unpaired) electrons. The number of carbonyl (C=O) groups is 4. The SMILES string of the molecule is C1CCOC1.CN.COC(=O)[C@@]1(CN)CCC[C@H]1CCCB1OC(C)(C)C(C)(C)O1.COC(=O)[C@@]1(CN2C(=O)c3ccccc3C2=O)CCC[C@H]1CCCB1OC(C)(C)C(C)(C)O1. The molecule has 2 saturated carbocycles. The van der Waals surface area contributed by atoms with Gasteiger partial charge in [0.15, 0.2) is 0 Å². The smallest absolute Gasteiger partial charge is 0.457 e. The Hall–Kier alpha value is -2.85. The molecule has 2 aliphatic carbocycles. The molecule has 4 N–H and O–H groups in total. The minimum absolute atomic E-state index is 0.0247. The van der Waals surface area contributed by atoms with Gasteiger partial charge in [-0.05, 0) is 150 Å². The summed E-state index contributed by atoms with van der Waals surface area (Å²) in [6.45, 7) is 18.9. The third-order valence-corrected chi connectivity index (χ3v) is 15.2. The van der Waals surface area contributed by atoms with Crippen LogP contribution in [0.4, 0.5) is 0 Å². The van der Waals surface area contributed by atoms with Gasteiger partial charge < -0.3 is 44.3 Å². The number of esters is 2. The van der Waals surface area contributed by atoms with Gasteiger partial charge in [-0.1, -0.05) is 37.8 Å². The molecular formula is C47H79B2N3O11. The lowest BCUT2D eigenvalue weighted by Gasteiger charge is -2.35. The molecule has 354 valence electrons. The maximum absolute atomic E-state index is 13.1. The molecule has 63 heavy (non-hydrogen) atoms. The molecule has 4 heterocycles. The van der Waals surface area contributed by atoms with Gasteiger partial charge >= 0.3 is 26.2 Å². The first kappa shape index (κ1) is 52.8. The fraction of sp³-hybridized carbons (Fsp3) is 0.787. The van der Waals surface area contributed by atoms with Gasteiger partial charge in [0.2, 0.25) is 0 Å². The number of hydrogen-bond donors (Lipinski definition) is 2. The summed E-state index contributed by atoms with van der Waals surface area (Å²) in [5.41, 5.74) is 8.60. The van der Waals surface area contributed by atoms with E-state index < -0.39 is 10.8 Å². The molecule has 5 fully saturated rings. The second kappa shape index (κ2) is 22.1. The highest BCUT2D eigenvalue weighted by Gasteiger charge is 2.55. The molecule has 0 aromatic heterocycles. The molecule has 4 aliphatic heterocycles. The fourth-order valence-corrected chi connectivity index (χ4v) is 10.1. The predicted molar refractivity (Wildman–Crippen MR) is 245 cm³/mol. The summed E-state index contributed by atoms with van der Waals surface area (Å²) in [6.07, 6.45) is 13.0. The van der Waals surface area contributed by atoms with E-state index in [2.05, 4.69) is 33.4 Å². The Bertz CT molecular complexity index is 1630. The topological polar surface area (TPSA) is 188 Å². The van der Waals surface area contributed by atoms with E-state index in [0.717, 1.165) is 83.6 Å². The highest BCUT2D eigenvalue weighted by Crippen LogP contribution is 2.50. The number of amides is 2. The Morgan fingerprint density at radius 3 is 1.41 bits per heavy atom. The standard InChI is InChI=1S/C25H34BNO6.C17H32BNO4.C4H8O.CH5N/c1-23(2)24(3,4)33-26(32-23)15-9-11-17-10-8-14-25(17,22(30)31-5)16-27-20(28)18-12-6-7-13-19(18)21(27)29;1-15(2)16(3,4)23-18(22-15)11-7-9-13-8-6-10-17(13,12-19)14(20)21-5;1-2-4-5-3-1;1-2/h6-7,12-13,17H,8-11,14-16H2,1-5H3;13H,6-12,19H2,1-5H3;1-4H2;2H2,1H3/t17-,25+;13-,17+;;/m00../s1. The maximum Gasteiger partial charge on any atom is 0.457 e. The monoisotopic (exact) mass is 884 g/mol. The minimum Gasteiger partial charge on any atom is -0.469 e. The van der Waals surface area contributed by atoms with Crippen molar-refractivity contribution in [2.45, 2.75) is 167 Å². The van der Waals surface area contributed by atoms with E-state index in [1.165, 1.54) is 39.0 Å². The number of imide groups is 1. The van der Waals surface area contributed by atoms with Crippen molar-refractivity contribution >= 4 is 38.0 Å². The van der Waals surface area contributed by atoms with E-state index in [1.807, 2.05) is 27.7 Å². The Labute approximate surface area is 378 Å². The van der Waals surface area contributed by atoms with Gasteiger partial charge in [-0.15, -0.1) is 0 Å². The molecule has 16 heteroatoms. The summed E-state index contributed by atoms with van der Waals surface area (Å²) in [7, 11) is 3.90. The Morgan fingerprint density at radius 2 is 1.05 bits per heavy atom. The van der Waals surface area contributed by atoms with E-state index in [1.54, 1.807) is 24.3 Å². The van der Waals surface area contributed by atoms with E-state index >= 15 is 0 Å². The Kier molecular flexibility index (Phi) is 18.5. The lowest BCUT2D eigenvalue weighted by molar-refractivity contribution is -0.156. The highest BCUT2D eigenvalue weighted by atomic mass is 16.7. The van der Waals surface area contributed by atoms with E-state index in [0.29, 0.717) is 30.0 Å². The van der Waals surface area contributed by atoms with Gasteiger partial charge in [-0.2, -0.15) is 0 Å². The van der Waals surface area contributed by atoms with Gasteiger partial charge in [0.1, 0.15) is 0 Å². The zero-order chi connectivity index (χ0) is 46.9. The summed E-state index contributed by atoms with van der Waals surface area (Å²) in [4.78, 5) is 52.5. The molecule has 14 nitrogen and oxygen atoms in total. The number of hydrogen-bond acceptors (Lipinski definition) is 13. The maximum atomic E-state index is 13.1. The van der Waals surface area contributed by atoms with Crippen LogP contribution in [0.15, 0.2) is 24.3 Å². The first-order chi connectivity index (χ1) is 29.7. The van der Waals surface area contributed by atoms with E-state index in [4.69, 9.17) is 38.6 Å². The lowest BCUT2D eigenvalue weighted by atomic mass is 9.72. The normalized spacial score (nSPS) is 28.4. The van der Waals surface area contributed by atoms with Crippen molar-refractivity contribution in [1.82, 2.24) is 4.90 Å². The van der Waals surface area contributed by atoms with Gasteiger partial charge in [0.25, 0.3) is 11.8 Å². The number of carbonyl (C=O) groups excluding carboxylic acids is 4. The van der Waals surface area contributed by atoms with Crippen LogP contribution in [0.2, 0.25) is 12.6 Å². The summed E-state index contributed by atoms with van der Waals surface area (Å²) in [5, 5.41) is 0. The molecule has 4 atom stereocenters. The fourth-order valence-electron chi connectivity index (χ4n) is 10.1. The molecule has 7 rings (SSSR count). The zero-order valence-electron chi connectivity index (χ0n) is 40.4. The number of nitrogens with two attached hydrogens (primary N) is 2. The van der Waals surface area contributed by atoms with Crippen molar-refractivity contribution < 1.29 is 52.0 Å². The predicted octanol–water partition coefficient (Wildman–Crippen LogP) is 7.26. The summed E-state index contributed by atoms with van der Waals surface area (Å²) >= 11 is 0. The molecule has 2 amide bonds. The molecule has 0 spiro atoms. The summed E-state index contributed by atoms with van der Waals surface area (Å²) in [6, 6.07) is 6.82. The average molecular weight is 884 g/mol. The van der Waals surface area contributed by atoms with Crippen molar-refractivity contribution in [1.29, 1.82) is 0 Å². The van der Waals surface area contributed by atoms with Gasteiger partial charge in [0.05, 0.1) is 58.6 Å². The van der Waals surface area contributed by atoms with Crippen molar-refractivity contribution in [3.63, 3.8) is 0 Å². The largest absolute Gasteiger partial charge is 0.469 e. The van der Waals surface area contributed by atoms with Gasteiger partial charge in [0, 0.05) is 26.3 Å². The van der Waals surface area contributed by atoms with Crippen LogP contribution in [-0.4, -0.2) is 113 Å². The van der Waals surface area contributed by atoms with Crippen molar-refractivity contribution in [3.05, 3.63) is 35.4 Å². The minimum atomic E-state index is -0.877. The van der Waals surface area contributed by atoms with Crippen LogP contribution in [0.1, 0.15) is 153 Å². The lowest BCUT2D eigenvalue weighted by Crippen LogP contribution is -2.48. The highest BCUT2D eigenvalue weighted by molar-refractivity contribution is 6.45. The molecule has 3 saturated heterocycles. The number of fused-ring (bicyclic) bond motifs is 1. The summed E-state index contributed by atoms with van der Waals surface area (Å²) in [5.74, 6) is -0.808. The van der Waals surface area contributed by atoms with Crippen LogP contribution in [0.25, 0.3) is 0 Å². The van der Waals surface area contributed by atoms with Crippen LogP contribution in [0, 0.1) is 22.7 Å². The van der Waals surface area contributed by atoms with Crippen molar-refractivity contribution in [2.24, 2.45) is 34.1 Å². The van der Waals surface area contributed by atoms with Crippen LogP contribution >= 0.6 is 0 Å². The van der Waals surface area contributed by atoms with Gasteiger partial charge in [-0.25, -0.2) is 0 Å². The van der Waals surface area contributed by atoms with E-state index in [-0.39, 0.29) is 72.9 Å². The Morgan fingerprint density at radius 1 is 0.667 bits per heavy atom. The second-order valence-corrected chi connectivity index (χ2v) is 20.0. The average Bonchev–Trinajstić information content (AvgIpc) is 4.11. The quantitative estimate of drug-likeness (QED) is 0.115. The second-order valence-electron chi connectivity index (χ2n) is 20.0. The first-order valence-electron chi connectivity index (χ1n) is 23.4. The first-order valence-corrected chi connectivity index (χ1v) is 23.4. The molecule has 0 bridgehead atoms. The number of benzene rings is 1. The zero-order valence-corrected chi connectivity index (χ0v) is 40.4. The third kappa shape index (κ3) is 11.6. The molecule has 1 aromatic carbocycles.